The maximum atomic E-state index is 8.09. The Morgan fingerprint density at radius 2 is 1.08 bits per heavy atom. The van der Waals surface area contributed by atoms with Crippen LogP contribution in [0.3, 0.4) is 0 Å². The fraction of sp³-hybridized carbons (Fsp3) is 0.600. The van der Waals surface area contributed by atoms with Crippen LogP contribution in [0.15, 0.2) is 36.4 Å². The minimum absolute atomic E-state index is 0.0246. The van der Waals surface area contributed by atoms with Crippen LogP contribution in [-0.4, -0.2) is 36.6 Å². The zero-order valence-corrected chi connectivity index (χ0v) is 26.9. The number of hydrogen-bond acceptors (Lipinski definition) is 4. The number of hydrogen-bond donors (Lipinski definition) is 0. The Balaban J connectivity index is 1.96. The van der Waals surface area contributed by atoms with E-state index in [4.69, 9.17) is 28.3 Å². The molecule has 0 saturated carbocycles. The summed E-state index contributed by atoms with van der Waals surface area (Å²) in [6.07, 6.45) is 0. The quantitative estimate of drug-likeness (QED) is 0.160. The molecule has 0 radical (unpaired) electrons. The predicted octanol–water partition coefficient (Wildman–Crippen LogP) is 6.83. The molecule has 0 bridgehead atoms. The lowest BCUT2D eigenvalue weighted by molar-refractivity contribution is -0.0146. The van der Waals surface area contributed by atoms with E-state index in [0.717, 1.165) is 22.6 Å². The Kier molecular flexibility index (Phi) is 11.6. The maximum absolute atomic E-state index is 8.09. The molecule has 38 heavy (non-hydrogen) atoms. The van der Waals surface area contributed by atoms with Crippen molar-refractivity contribution in [1.29, 1.82) is 0 Å². The molecule has 2 aromatic carbocycles. The normalized spacial score (nSPS) is 13.7. The summed E-state index contributed by atoms with van der Waals surface area (Å²) in [6, 6.07) is 12.5. The second-order valence-electron chi connectivity index (χ2n) is 13.3. The van der Waals surface area contributed by atoms with Crippen LogP contribution < -0.4 is 9.05 Å². The molecule has 4 N–H and O–H groups in total. The molecule has 214 valence electrons. The molecule has 0 aromatic heterocycles. The lowest BCUT2D eigenvalue weighted by atomic mass is 9.80. The third-order valence-electron chi connectivity index (χ3n) is 6.52. The first-order chi connectivity index (χ1) is 17.5. The molecule has 2 unspecified atom stereocenters. The van der Waals surface area contributed by atoms with Crippen molar-refractivity contribution in [1.82, 2.24) is 0 Å². The Morgan fingerprint density at radius 3 is 1.50 bits per heavy atom. The molecule has 2 rings (SSSR count). The second kappa shape index (κ2) is 13.4. The Bertz CT molecular complexity index is 1030. The monoisotopic (exact) mass is 568 g/mol. The summed E-state index contributed by atoms with van der Waals surface area (Å²) in [4.78, 5) is 0. The van der Waals surface area contributed by atoms with E-state index in [0.29, 0.717) is 0 Å². The van der Waals surface area contributed by atoms with E-state index in [1.165, 1.54) is 11.1 Å². The highest BCUT2D eigenvalue weighted by Gasteiger charge is 2.36. The van der Waals surface area contributed by atoms with Crippen molar-refractivity contribution >= 4 is 18.1 Å². The van der Waals surface area contributed by atoms with Crippen LogP contribution in [-0.2, 0) is 25.3 Å². The first-order valence-corrected chi connectivity index (χ1v) is 14.8. The predicted molar refractivity (Wildman–Crippen MR) is 163 cm³/mol. The summed E-state index contributed by atoms with van der Waals surface area (Å²) in [5.41, 5.74) is 3.91. The van der Waals surface area contributed by atoms with Gasteiger partial charge in [0, 0.05) is 11.1 Å². The van der Waals surface area contributed by atoms with Crippen LogP contribution in [0.25, 0.3) is 0 Å². The Hall–Kier alpha value is -1.26. The van der Waals surface area contributed by atoms with Gasteiger partial charge >= 0.3 is 0 Å². The van der Waals surface area contributed by atoms with Gasteiger partial charge in [0.2, 0.25) is 18.1 Å². The molecule has 8 heteroatoms. The highest BCUT2D eigenvalue weighted by atomic mass is 31.1. The average molecular weight is 569 g/mol. The fourth-order valence-electron chi connectivity index (χ4n) is 3.81. The number of aryl methyl sites for hydroxylation is 1. The number of benzene rings is 2. The number of rotatable bonds is 12. The van der Waals surface area contributed by atoms with Gasteiger partial charge in [0.25, 0.3) is 0 Å². The third-order valence-corrected chi connectivity index (χ3v) is 7.66. The molecule has 0 heterocycles. The van der Waals surface area contributed by atoms with Gasteiger partial charge in [0.1, 0.15) is 11.5 Å². The molecule has 0 amide bonds. The molecule has 2 aromatic rings. The Morgan fingerprint density at radius 1 is 0.632 bits per heavy atom. The summed E-state index contributed by atoms with van der Waals surface area (Å²) in [5, 5.41) is 16.2. The summed E-state index contributed by atoms with van der Waals surface area (Å²) < 4.78 is 23.8. The topological polar surface area (TPSA) is 82.7 Å². The van der Waals surface area contributed by atoms with Crippen LogP contribution in [0.2, 0.25) is 0 Å². The zero-order chi connectivity index (χ0) is 28.8. The van der Waals surface area contributed by atoms with Crippen molar-refractivity contribution in [2.45, 2.75) is 85.5 Å². The highest BCUT2D eigenvalue weighted by Crippen LogP contribution is 2.39. The summed E-state index contributed by atoms with van der Waals surface area (Å²) in [7, 11) is -0.451. The summed E-state index contributed by atoms with van der Waals surface area (Å²) in [6.45, 7) is 22.2. The van der Waals surface area contributed by atoms with Crippen molar-refractivity contribution in [3.8, 4) is 11.5 Å². The van der Waals surface area contributed by atoms with Gasteiger partial charge in [-0.05, 0) is 40.9 Å². The van der Waals surface area contributed by atoms with E-state index in [1.54, 1.807) is 0 Å². The van der Waals surface area contributed by atoms with Gasteiger partial charge in [-0.15, -0.1) is 0 Å². The van der Waals surface area contributed by atoms with Crippen molar-refractivity contribution in [3.05, 3.63) is 58.7 Å². The molecule has 6 nitrogen and oxygen atoms in total. The van der Waals surface area contributed by atoms with Crippen molar-refractivity contribution < 1.29 is 28.3 Å². The van der Waals surface area contributed by atoms with Crippen LogP contribution >= 0.6 is 18.1 Å². The standard InChI is InChI=1S/C30H48O6P2/c1-21-11-13-25(23(15-21)28(5,6)7)35-37-33-19-30(17-31,18-32)20-34-38-36-26-14-12-22(27(2,3)4)16-24(26)29(8,9)10/h11-16,31-32,37-38H,17-20H2,1-10H3/p+2. The first-order valence-electron chi connectivity index (χ1n) is 13.1. The molecule has 0 saturated heterocycles. The summed E-state index contributed by atoms with van der Waals surface area (Å²) in [5.74, 6) is 1.62. The van der Waals surface area contributed by atoms with Crippen molar-refractivity contribution in [3.63, 3.8) is 0 Å². The molecule has 0 fully saturated rings. The van der Waals surface area contributed by atoms with Gasteiger partial charge < -0.3 is 28.3 Å². The van der Waals surface area contributed by atoms with Gasteiger partial charge in [0.05, 0.1) is 13.2 Å². The zero-order valence-electron chi connectivity index (χ0n) is 24.9. The van der Waals surface area contributed by atoms with E-state index in [2.05, 4.69) is 87.4 Å². The Labute approximate surface area is 233 Å². The van der Waals surface area contributed by atoms with E-state index in [1.807, 2.05) is 18.2 Å². The molecule has 0 spiro atoms. The van der Waals surface area contributed by atoms with Crippen LogP contribution in [0, 0.1) is 12.3 Å². The minimum atomic E-state index is -0.740. The van der Waals surface area contributed by atoms with Gasteiger partial charge in [-0.3, -0.25) is 0 Å². The van der Waals surface area contributed by atoms with E-state index >= 15 is 0 Å². The molecule has 0 aliphatic rings. The van der Waals surface area contributed by atoms with E-state index in [9.17, 15) is 0 Å². The molecular formula is C30H50O6P2+2. The van der Waals surface area contributed by atoms with E-state index in [-0.39, 0.29) is 60.7 Å². The second-order valence-corrected chi connectivity index (χ2v) is 14.6. The fourth-order valence-corrected chi connectivity index (χ4v) is 5.20. The average Bonchev–Trinajstić information content (AvgIpc) is 2.82. The SMILES string of the molecule is Cc1ccc(OPOCC(C[OH2+])(C[OH2+])COPOc2ccc(C(C)(C)C)cc2C(C)(C)C)c(C(C)(C)C)c1. The largest absolute Gasteiger partial charge is 0.449 e. The summed E-state index contributed by atoms with van der Waals surface area (Å²) >= 11 is 0. The lowest BCUT2D eigenvalue weighted by Gasteiger charge is -2.27. The van der Waals surface area contributed by atoms with Crippen molar-refractivity contribution in [2.75, 3.05) is 26.4 Å². The smallest absolute Gasteiger partial charge is 0.215 e. The van der Waals surface area contributed by atoms with Gasteiger partial charge in [-0.25, -0.2) is 0 Å². The molecule has 0 aliphatic heterocycles. The van der Waals surface area contributed by atoms with Crippen molar-refractivity contribution in [2.24, 2.45) is 5.41 Å². The van der Waals surface area contributed by atoms with Gasteiger partial charge in [-0.2, -0.15) is 0 Å². The van der Waals surface area contributed by atoms with Gasteiger partial charge in [-0.1, -0.05) is 92.1 Å². The molecular weight excluding hydrogens is 518 g/mol. The highest BCUT2D eigenvalue weighted by molar-refractivity contribution is 7.27. The lowest BCUT2D eigenvalue weighted by Crippen LogP contribution is -2.38. The van der Waals surface area contributed by atoms with E-state index < -0.39 is 5.41 Å². The van der Waals surface area contributed by atoms with Crippen LogP contribution in [0.4, 0.5) is 0 Å². The molecule has 2 atom stereocenters. The van der Waals surface area contributed by atoms with Crippen LogP contribution in [0.5, 0.6) is 11.5 Å². The first kappa shape index (κ1) is 32.9. The third kappa shape index (κ3) is 9.44. The van der Waals surface area contributed by atoms with Gasteiger partial charge in [0.15, 0.2) is 18.6 Å². The van der Waals surface area contributed by atoms with Crippen LogP contribution in [0.1, 0.15) is 84.6 Å². The minimum Gasteiger partial charge on any atom is -0.449 e. The maximum Gasteiger partial charge on any atom is 0.215 e. The molecule has 0 aliphatic carbocycles.